The van der Waals surface area contributed by atoms with Crippen molar-refractivity contribution in [1.29, 1.82) is 0 Å². The monoisotopic (exact) mass is 335 g/mol. The second-order valence-electron chi connectivity index (χ2n) is 4.38. The molecule has 2 rings (SSSR count). The van der Waals surface area contributed by atoms with Gasteiger partial charge in [-0.05, 0) is 12.1 Å². The van der Waals surface area contributed by atoms with Gasteiger partial charge >= 0.3 is 6.03 Å². The van der Waals surface area contributed by atoms with E-state index in [0.717, 1.165) is 0 Å². The summed E-state index contributed by atoms with van der Waals surface area (Å²) in [4.78, 5) is 24.6. The largest absolute Gasteiger partial charge is 0.350 e. The van der Waals surface area contributed by atoms with Crippen LogP contribution in [-0.4, -0.2) is 36.5 Å². The number of rotatable bonds is 3. The fraction of sp³-hybridized carbons (Fsp3) is 0.333. The van der Waals surface area contributed by atoms with Crippen LogP contribution < -0.4 is 10.6 Å². The number of benzene rings is 1. The maximum atomic E-state index is 12.0. The highest BCUT2D eigenvalue weighted by molar-refractivity contribution is 6.39. The Bertz CT molecular complexity index is 542. The van der Waals surface area contributed by atoms with Crippen molar-refractivity contribution in [2.24, 2.45) is 0 Å². The lowest BCUT2D eigenvalue weighted by atomic mass is 10.2. The second kappa shape index (κ2) is 6.08. The molecule has 2 N–H and O–H groups in total. The lowest BCUT2D eigenvalue weighted by Crippen LogP contribution is -2.43. The molecule has 0 spiro atoms. The first kappa shape index (κ1) is 15.2. The van der Waals surface area contributed by atoms with Gasteiger partial charge < -0.3 is 15.5 Å². The summed E-state index contributed by atoms with van der Waals surface area (Å²) in [6.45, 7) is 0.454. The normalized spacial score (nSPS) is 18.1. The van der Waals surface area contributed by atoms with Crippen LogP contribution in [0.4, 0.5) is 4.79 Å². The van der Waals surface area contributed by atoms with E-state index in [1.807, 2.05) is 0 Å². The lowest BCUT2D eigenvalue weighted by molar-refractivity contribution is -0.124. The molecule has 1 atom stereocenters. The third kappa shape index (κ3) is 3.11. The van der Waals surface area contributed by atoms with Gasteiger partial charge in [-0.3, -0.25) is 4.79 Å². The van der Waals surface area contributed by atoms with E-state index in [1.54, 1.807) is 19.2 Å². The summed E-state index contributed by atoms with van der Waals surface area (Å²) in [7, 11) is 1.56. The Balaban J connectivity index is 2.03. The van der Waals surface area contributed by atoms with Gasteiger partial charge in [-0.2, -0.15) is 0 Å². The van der Waals surface area contributed by atoms with Crippen molar-refractivity contribution in [2.75, 3.05) is 13.6 Å². The van der Waals surface area contributed by atoms with Crippen LogP contribution in [-0.2, 0) is 11.3 Å². The molecule has 1 aliphatic rings. The van der Waals surface area contributed by atoms with E-state index in [4.69, 9.17) is 34.8 Å². The summed E-state index contributed by atoms with van der Waals surface area (Å²) < 4.78 is 0. The minimum absolute atomic E-state index is 0.173. The molecule has 1 aromatic rings. The molecule has 0 bridgehead atoms. The zero-order valence-corrected chi connectivity index (χ0v) is 12.8. The van der Waals surface area contributed by atoms with Crippen LogP contribution in [0.15, 0.2) is 12.1 Å². The van der Waals surface area contributed by atoms with Crippen molar-refractivity contribution < 1.29 is 9.59 Å². The van der Waals surface area contributed by atoms with Gasteiger partial charge in [-0.15, -0.1) is 0 Å². The van der Waals surface area contributed by atoms with Crippen LogP contribution in [0.5, 0.6) is 0 Å². The van der Waals surface area contributed by atoms with Gasteiger partial charge in [0.1, 0.15) is 6.04 Å². The Morgan fingerprint density at radius 1 is 1.40 bits per heavy atom. The van der Waals surface area contributed by atoms with E-state index >= 15 is 0 Å². The molecule has 3 amide bonds. The fourth-order valence-corrected chi connectivity index (χ4v) is 2.84. The number of likely N-dealkylation sites (N-methyl/N-ethyl adjacent to an activating group) is 1. The van der Waals surface area contributed by atoms with Gasteiger partial charge in [0.25, 0.3) is 0 Å². The van der Waals surface area contributed by atoms with E-state index in [2.05, 4.69) is 10.6 Å². The summed E-state index contributed by atoms with van der Waals surface area (Å²) >= 11 is 17.9. The van der Waals surface area contributed by atoms with Crippen molar-refractivity contribution >= 4 is 46.7 Å². The van der Waals surface area contributed by atoms with Crippen LogP contribution in [0.3, 0.4) is 0 Å². The molecule has 1 saturated heterocycles. The van der Waals surface area contributed by atoms with Crippen LogP contribution in [0.25, 0.3) is 0 Å². The Morgan fingerprint density at radius 3 is 2.50 bits per heavy atom. The van der Waals surface area contributed by atoms with E-state index < -0.39 is 6.04 Å². The maximum Gasteiger partial charge on any atom is 0.317 e. The average molecular weight is 337 g/mol. The molecule has 1 fully saturated rings. The maximum absolute atomic E-state index is 12.0. The van der Waals surface area contributed by atoms with Crippen molar-refractivity contribution in [3.8, 4) is 0 Å². The summed E-state index contributed by atoms with van der Waals surface area (Å²) in [5.41, 5.74) is 0.589. The molecule has 8 heteroatoms. The van der Waals surface area contributed by atoms with Crippen molar-refractivity contribution in [1.82, 2.24) is 15.5 Å². The SMILES string of the molecule is CN1C(=O)NC[C@H]1C(=O)NCc1c(Cl)cc(Cl)cc1Cl. The molecule has 0 aromatic heterocycles. The topological polar surface area (TPSA) is 61.4 Å². The van der Waals surface area contributed by atoms with E-state index in [9.17, 15) is 9.59 Å². The second-order valence-corrected chi connectivity index (χ2v) is 5.63. The number of nitrogens with one attached hydrogen (secondary N) is 2. The van der Waals surface area contributed by atoms with Crippen molar-refractivity contribution in [2.45, 2.75) is 12.6 Å². The third-order valence-corrected chi connectivity index (χ3v) is 3.98. The number of amides is 3. The number of nitrogens with zero attached hydrogens (tertiary/aromatic N) is 1. The first-order chi connectivity index (χ1) is 9.40. The quantitative estimate of drug-likeness (QED) is 0.889. The van der Waals surface area contributed by atoms with Crippen LogP contribution in [0.1, 0.15) is 5.56 Å². The smallest absolute Gasteiger partial charge is 0.317 e. The predicted octanol–water partition coefficient (Wildman–Crippen LogP) is 2.29. The molecule has 0 unspecified atom stereocenters. The standard InChI is InChI=1S/C12H12Cl3N3O2/c1-18-10(5-17-12(18)20)11(19)16-4-7-8(14)2-6(13)3-9(7)15/h2-3,10H,4-5H2,1H3,(H,16,19)(H,17,20)/t10-/m0/s1. The fourth-order valence-electron chi connectivity index (χ4n) is 1.89. The number of carbonyl (C=O) groups excluding carboxylic acids is 2. The molecular weight excluding hydrogens is 325 g/mol. The van der Waals surface area contributed by atoms with Gasteiger partial charge in [0.2, 0.25) is 5.91 Å². The molecule has 20 heavy (non-hydrogen) atoms. The van der Waals surface area contributed by atoms with E-state index in [-0.39, 0.29) is 25.0 Å². The zero-order chi connectivity index (χ0) is 14.9. The number of hydrogen-bond acceptors (Lipinski definition) is 2. The van der Waals surface area contributed by atoms with Crippen molar-refractivity contribution in [3.05, 3.63) is 32.8 Å². The zero-order valence-electron chi connectivity index (χ0n) is 10.5. The average Bonchev–Trinajstić information content (AvgIpc) is 2.68. The molecule has 0 radical (unpaired) electrons. The lowest BCUT2D eigenvalue weighted by Gasteiger charge is -2.18. The highest BCUT2D eigenvalue weighted by atomic mass is 35.5. The summed E-state index contributed by atoms with van der Waals surface area (Å²) in [5, 5.41) is 6.50. The molecule has 108 valence electrons. The van der Waals surface area contributed by atoms with Gasteiger partial charge in [-0.25, -0.2) is 4.79 Å². The summed E-state index contributed by atoms with van der Waals surface area (Å²) in [6.07, 6.45) is 0. The highest BCUT2D eigenvalue weighted by Gasteiger charge is 2.32. The van der Waals surface area contributed by atoms with Gasteiger partial charge in [-0.1, -0.05) is 34.8 Å². The first-order valence-electron chi connectivity index (χ1n) is 5.82. The predicted molar refractivity (Wildman–Crippen MR) is 78.3 cm³/mol. The molecule has 1 aromatic carbocycles. The minimum Gasteiger partial charge on any atom is -0.350 e. The minimum atomic E-state index is -0.535. The third-order valence-electron chi connectivity index (χ3n) is 3.08. The van der Waals surface area contributed by atoms with Crippen molar-refractivity contribution in [3.63, 3.8) is 0 Å². The highest BCUT2D eigenvalue weighted by Crippen LogP contribution is 2.28. The van der Waals surface area contributed by atoms with Gasteiger partial charge in [0.05, 0.1) is 0 Å². The molecule has 1 heterocycles. The molecular formula is C12H12Cl3N3O2. The van der Waals surface area contributed by atoms with Crippen LogP contribution >= 0.6 is 34.8 Å². The molecule has 0 saturated carbocycles. The summed E-state index contributed by atoms with van der Waals surface area (Å²) in [6, 6.07) is 2.31. The van der Waals surface area contributed by atoms with Crippen LogP contribution in [0, 0.1) is 0 Å². The van der Waals surface area contributed by atoms with E-state index in [1.165, 1.54) is 4.90 Å². The summed E-state index contributed by atoms with van der Waals surface area (Å²) in [5.74, 6) is -0.270. The Hall–Kier alpha value is -1.17. The number of halogens is 3. The van der Waals surface area contributed by atoms with E-state index in [0.29, 0.717) is 20.6 Å². The number of hydrogen-bond donors (Lipinski definition) is 2. The Labute approximate surface area is 131 Å². The van der Waals surface area contributed by atoms with Gasteiger partial charge in [0.15, 0.2) is 0 Å². The Kier molecular flexibility index (Phi) is 4.62. The van der Waals surface area contributed by atoms with Gasteiger partial charge in [0, 0.05) is 40.8 Å². The molecule has 1 aliphatic heterocycles. The first-order valence-corrected chi connectivity index (χ1v) is 6.95. The molecule has 5 nitrogen and oxygen atoms in total. The number of carbonyl (C=O) groups is 2. The Morgan fingerprint density at radius 2 is 2.00 bits per heavy atom. The molecule has 0 aliphatic carbocycles. The van der Waals surface area contributed by atoms with Crippen LogP contribution in [0.2, 0.25) is 15.1 Å². The number of urea groups is 1.